The van der Waals surface area contributed by atoms with E-state index in [0.29, 0.717) is 10.8 Å². The number of hydrogen-bond donors (Lipinski definition) is 2. The van der Waals surface area contributed by atoms with Crippen LogP contribution in [0.15, 0.2) is 11.0 Å². The molecule has 0 amide bonds. The summed E-state index contributed by atoms with van der Waals surface area (Å²) in [6.07, 6.45) is -5.77. The number of anilines is 1. The van der Waals surface area contributed by atoms with Gasteiger partial charge in [-0.15, -0.1) is 0 Å². The van der Waals surface area contributed by atoms with Crippen LogP contribution < -0.4 is 11.4 Å². The van der Waals surface area contributed by atoms with Crippen LogP contribution in [0.5, 0.6) is 0 Å². The highest BCUT2D eigenvalue weighted by Gasteiger charge is 2.46. The fourth-order valence-electron chi connectivity index (χ4n) is 1.84. The second-order valence-electron chi connectivity index (χ2n) is 4.09. The van der Waals surface area contributed by atoms with E-state index in [1.807, 2.05) is 0 Å². The molecule has 0 bridgehead atoms. The van der Waals surface area contributed by atoms with Crippen LogP contribution in [0.1, 0.15) is 6.23 Å². The second-order valence-corrected chi connectivity index (χ2v) is 4.09. The summed E-state index contributed by atoms with van der Waals surface area (Å²) in [5.74, 6) is -1.65. The molecule has 0 saturated carbocycles. The van der Waals surface area contributed by atoms with Crippen LogP contribution in [0, 0.1) is 5.82 Å². The van der Waals surface area contributed by atoms with Gasteiger partial charge in [-0.2, -0.15) is 4.98 Å². The Morgan fingerprint density at radius 3 is 3.00 bits per heavy atom. The van der Waals surface area contributed by atoms with Gasteiger partial charge in [-0.25, -0.2) is 13.6 Å². The Morgan fingerprint density at radius 2 is 2.35 bits per heavy atom. The van der Waals surface area contributed by atoms with E-state index < -0.39 is 48.5 Å². The molecule has 20 heavy (non-hydrogen) atoms. The van der Waals surface area contributed by atoms with Crippen LogP contribution in [0.3, 0.4) is 0 Å². The third kappa shape index (κ3) is 2.47. The van der Waals surface area contributed by atoms with E-state index in [1.165, 1.54) is 0 Å². The molecule has 0 radical (unpaired) electrons. The third-order valence-electron chi connectivity index (χ3n) is 2.83. The van der Waals surface area contributed by atoms with E-state index in [0.717, 1.165) is 0 Å². The van der Waals surface area contributed by atoms with Gasteiger partial charge in [-0.1, -0.05) is 0 Å². The molecule has 1 aromatic rings. The Morgan fingerprint density at radius 1 is 1.65 bits per heavy atom. The Hall–Kier alpha value is -2.07. The zero-order chi connectivity index (χ0) is 14.9. The number of ether oxygens (including phenoxy) is 2. The van der Waals surface area contributed by atoms with Crippen molar-refractivity contribution in [3.8, 4) is 0 Å². The lowest BCUT2D eigenvalue weighted by Gasteiger charge is -2.15. The van der Waals surface area contributed by atoms with E-state index in [9.17, 15) is 23.5 Å². The van der Waals surface area contributed by atoms with Gasteiger partial charge in [-0.05, 0) is 0 Å². The normalized spacial score (nSPS) is 29.4. The molecule has 110 valence electrons. The van der Waals surface area contributed by atoms with Crippen molar-refractivity contribution in [2.24, 2.45) is 0 Å². The molecule has 4 unspecified atom stereocenters. The van der Waals surface area contributed by atoms with Crippen molar-refractivity contribution in [2.75, 3.05) is 12.3 Å². The van der Waals surface area contributed by atoms with E-state index in [2.05, 4.69) is 9.72 Å². The standard InChI is InChI=1S/C10H11F2N3O5/c11-4-1-15(10(18)14-8(4)13)9-6(12)7(17)5(20-9)2-19-3-16/h1,3,5-7,9,17H,2H2,(H2,13,14,18). The van der Waals surface area contributed by atoms with Crippen LogP contribution >= 0.6 is 0 Å². The van der Waals surface area contributed by atoms with Gasteiger partial charge in [0.25, 0.3) is 6.47 Å². The average molecular weight is 291 g/mol. The highest BCUT2D eigenvalue weighted by Crippen LogP contribution is 2.31. The van der Waals surface area contributed by atoms with Crippen molar-refractivity contribution in [1.82, 2.24) is 9.55 Å². The first-order chi connectivity index (χ1) is 9.45. The summed E-state index contributed by atoms with van der Waals surface area (Å²) >= 11 is 0. The maximum atomic E-state index is 13.9. The van der Waals surface area contributed by atoms with Gasteiger partial charge in [0.2, 0.25) is 0 Å². The maximum absolute atomic E-state index is 13.9. The van der Waals surface area contributed by atoms with Gasteiger partial charge in [0.1, 0.15) is 18.8 Å². The van der Waals surface area contributed by atoms with Crippen molar-refractivity contribution in [3.05, 3.63) is 22.5 Å². The Kier molecular flexibility index (Phi) is 3.95. The lowest BCUT2D eigenvalue weighted by Crippen LogP contribution is -2.34. The largest absolute Gasteiger partial charge is 0.465 e. The summed E-state index contributed by atoms with van der Waals surface area (Å²) in [7, 11) is 0. The molecular weight excluding hydrogens is 280 g/mol. The Balaban J connectivity index is 2.27. The number of alkyl halides is 1. The van der Waals surface area contributed by atoms with Gasteiger partial charge in [0, 0.05) is 0 Å². The molecule has 10 heteroatoms. The number of carbonyl (C=O) groups is 1. The first-order valence-corrected chi connectivity index (χ1v) is 5.52. The number of rotatable bonds is 4. The van der Waals surface area contributed by atoms with Gasteiger partial charge < -0.3 is 20.3 Å². The molecule has 1 aliphatic rings. The minimum absolute atomic E-state index is 0.104. The van der Waals surface area contributed by atoms with Gasteiger partial charge in [-0.3, -0.25) is 9.36 Å². The molecule has 1 fully saturated rings. The quantitative estimate of drug-likeness (QED) is 0.664. The van der Waals surface area contributed by atoms with Crippen molar-refractivity contribution >= 4 is 12.3 Å². The maximum Gasteiger partial charge on any atom is 0.351 e. The van der Waals surface area contributed by atoms with E-state index in [4.69, 9.17) is 10.5 Å². The van der Waals surface area contributed by atoms with Gasteiger partial charge in [0.15, 0.2) is 24.0 Å². The molecule has 1 saturated heterocycles. The van der Waals surface area contributed by atoms with Crippen LogP contribution in [0.4, 0.5) is 14.6 Å². The average Bonchev–Trinajstić information content (AvgIpc) is 2.68. The molecule has 2 heterocycles. The summed E-state index contributed by atoms with van der Waals surface area (Å²) in [4.78, 5) is 24.8. The molecule has 1 aliphatic heterocycles. The van der Waals surface area contributed by atoms with Gasteiger partial charge >= 0.3 is 5.69 Å². The summed E-state index contributed by atoms with van der Waals surface area (Å²) in [5, 5.41) is 9.58. The first kappa shape index (κ1) is 14.3. The molecule has 0 aromatic carbocycles. The van der Waals surface area contributed by atoms with Crippen LogP contribution in [0.25, 0.3) is 0 Å². The van der Waals surface area contributed by atoms with E-state index in [1.54, 1.807) is 0 Å². The highest BCUT2D eigenvalue weighted by atomic mass is 19.1. The summed E-state index contributed by atoms with van der Waals surface area (Å²) in [6, 6.07) is 0. The van der Waals surface area contributed by atoms with Crippen molar-refractivity contribution in [2.45, 2.75) is 24.6 Å². The number of aliphatic hydroxyl groups excluding tert-OH is 1. The SMILES string of the molecule is Nc1nc(=O)n(C2OC(COC=O)C(O)C2F)cc1F. The fourth-order valence-corrected chi connectivity index (χ4v) is 1.84. The number of aromatic nitrogens is 2. The molecule has 3 N–H and O–H groups in total. The smallest absolute Gasteiger partial charge is 0.351 e. The number of carbonyl (C=O) groups excluding carboxylic acids is 1. The number of aliphatic hydroxyl groups is 1. The van der Waals surface area contributed by atoms with Crippen LogP contribution in [-0.4, -0.2) is 46.1 Å². The lowest BCUT2D eigenvalue weighted by atomic mass is 10.1. The number of nitrogens with zero attached hydrogens (tertiary/aromatic N) is 2. The number of nitrogens with two attached hydrogens (primary N) is 1. The number of nitrogen functional groups attached to an aromatic ring is 1. The summed E-state index contributed by atoms with van der Waals surface area (Å²) < 4.78 is 37.1. The minimum Gasteiger partial charge on any atom is -0.465 e. The number of hydrogen-bond acceptors (Lipinski definition) is 7. The molecule has 2 rings (SSSR count). The molecular formula is C10H11F2N3O5. The molecule has 1 aromatic heterocycles. The first-order valence-electron chi connectivity index (χ1n) is 5.52. The topological polar surface area (TPSA) is 117 Å². The predicted molar refractivity (Wildman–Crippen MR) is 59.7 cm³/mol. The molecule has 4 atom stereocenters. The Labute approximate surface area is 110 Å². The molecule has 8 nitrogen and oxygen atoms in total. The van der Waals surface area contributed by atoms with Crippen molar-refractivity contribution in [1.29, 1.82) is 0 Å². The van der Waals surface area contributed by atoms with Crippen molar-refractivity contribution < 1.29 is 28.2 Å². The minimum atomic E-state index is -2.02. The van der Waals surface area contributed by atoms with E-state index in [-0.39, 0.29) is 6.47 Å². The molecule has 0 aliphatic carbocycles. The van der Waals surface area contributed by atoms with Crippen molar-refractivity contribution in [3.63, 3.8) is 0 Å². The van der Waals surface area contributed by atoms with Gasteiger partial charge in [0.05, 0.1) is 6.20 Å². The van der Waals surface area contributed by atoms with Crippen LogP contribution in [-0.2, 0) is 14.3 Å². The van der Waals surface area contributed by atoms with Crippen LogP contribution in [0.2, 0.25) is 0 Å². The summed E-state index contributed by atoms with van der Waals surface area (Å²) in [6.45, 7) is -0.297. The zero-order valence-electron chi connectivity index (χ0n) is 9.98. The fraction of sp³-hybridized carbons (Fsp3) is 0.500. The monoisotopic (exact) mass is 291 g/mol. The number of halogens is 2. The Bertz CT molecular complexity index is 566. The second kappa shape index (κ2) is 5.51. The lowest BCUT2D eigenvalue weighted by molar-refractivity contribution is -0.135. The summed E-state index contributed by atoms with van der Waals surface area (Å²) in [5.41, 5.74) is 4.07. The van der Waals surface area contributed by atoms with E-state index >= 15 is 0 Å². The zero-order valence-corrected chi connectivity index (χ0v) is 9.98. The highest BCUT2D eigenvalue weighted by molar-refractivity contribution is 5.37. The third-order valence-corrected chi connectivity index (χ3v) is 2.83. The predicted octanol–water partition coefficient (Wildman–Crippen LogP) is -1.27. The molecule has 0 spiro atoms.